The van der Waals surface area contributed by atoms with Crippen LogP contribution >= 0.6 is 12.2 Å². The van der Waals surface area contributed by atoms with Gasteiger partial charge in [0.1, 0.15) is 4.99 Å². The van der Waals surface area contributed by atoms with E-state index in [1.807, 2.05) is 13.8 Å². The molecule has 0 spiro atoms. The lowest BCUT2D eigenvalue weighted by atomic mass is 10.1. The molecule has 0 aromatic carbocycles. The van der Waals surface area contributed by atoms with Crippen LogP contribution in [-0.2, 0) is 0 Å². The van der Waals surface area contributed by atoms with Crippen molar-refractivity contribution in [1.29, 1.82) is 0 Å². The van der Waals surface area contributed by atoms with Crippen molar-refractivity contribution in [3.8, 4) is 0 Å². The van der Waals surface area contributed by atoms with E-state index in [4.69, 9.17) is 18.0 Å². The van der Waals surface area contributed by atoms with Gasteiger partial charge >= 0.3 is 0 Å². The van der Waals surface area contributed by atoms with Gasteiger partial charge in [0.05, 0.1) is 11.3 Å². The molecule has 0 saturated carbocycles. The van der Waals surface area contributed by atoms with E-state index in [0.717, 1.165) is 35.7 Å². The normalized spacial score (nSPS) is 23.9. The van der Waals surface area contributed by atoms with Gasteiger partial charge in [-0.05, 0) is 40.3 Å². The van der Waals surface area contributed by atoms with Crippen LogP contribution in [0.25, 0.3) is 0 Å². The molecular weight excluding hydrogens is 270 g/mol. The van der Waals surface area contributed by atoms with Crippen LogP contribution in [0.15, 0.2) is 0 Å². The van der Waals surface area contributed by atoms with Gasteiger partial charge in [0.15, 0.2) is 5.82 Å². The van der Waals surface area contributed by atoms with Gasteiger partial charge in [0.2, 0.25) is 0 Å². The largest absolute Gasteiger partial charge is 0.389 e. The second kappa shape index (κ2) is 5.61. The standard InChI is InChI=1S/C14H23N5S/c1-8-6-19(7-9(2)18(8)5)14-12(13(15)20)10(3)11(4)16-17-14/h8-9H,6-7H2,1-5H3,(H2,15,20). The van der Waals surface area contributed by atoms with Gasteiger partial charge in [-0.2, -0.15) is 5.10 Å². The Morgan fingerprint density at radius 1 is 1.20 bits per heavy atom. The molecular formula is C14H23N5S. The van der Waals surface area contributed by atoms with Gasteiger partial charge in [0.25, 0.3) is 0 Å². The molecule has 0 radical (unpaired) electrons. The van der Waals surface area contributed by atoms with Crippen LogP contribution in [0, 0.1) is 13.8 Å². The smallest absolute Gasteiger partial charge is 0.161 e. The Balaban J connectivity index is 2.43. The zero-order chi connectivity index (χ0) is 15.0. The van der Waals surface area contributed by atoms with Crippen LogP contribution < -0.4 is 10.6 Å². The fourth-order valence-corrected chi connectivity index (χ4v) is 2.93. The number of hydrogen-bond donors (Lipinski definition) is 1. The topological polar surface area (TPSA) is 58.3 Å². The highest BCUT2D eigenvalue weighted by molar-refractivity contribution is 7.80. The van der Waals surface area contributed by atoms with Crippen LogP contribution in [0.4, 0.5) is 5.82 Å². The first-order valence-corrected chi connectivity index (χ1v) is 7.34. The Morgan fingerprint density at radius 3 is 2.25 bits per heavy atom. The number of aryl methyl sites for hydroxylation is 1. The molecule has 5 nitrogen and oxygen atoms in total. The van der Waals surface area contributed by atoms with E-state index in [-0.39, 0.29) is 0 Å². The first-order chi connectivity index (χ1) is 9.32. The summed E-state index contributed by atoms with van der Waals surface area (Å²) in [4.78, 5) is 5.03. The molecule has 1 aliphatic heterocycles. The van der Waals surface area contributed by atoms with Gasteiger partial charge in [-0.25, -0.2) is 0 Å². The molecule has 0 amide bonds. The molecule has 1 aliphatic rings. The highest BCUT2D eigenvalue weighted by Gasteiger charge is 2.29. The van der Waals surface area contributed by atoms with Crippen molar-refractivity contribution in [2.45, 2.75) is 39.8 Å². The van der Waals surface area contributed by atoms with Crippen LogP contribution in [0.2, 0.25) is 0 Å². The molecule has 2 rings (SSSR count). The summed E-state index contributed by atoms with van der Waals surface area (Å²) in [6.07, 6.45) is 0. The average Bonchev–Trinajstić information content (AvgIpc) is 2.37. The fourth-order valence-electron chi connectivity index (χ4n) is 2.69. The first-order valence-electron chi connectivity index (χ1n) is 6.93. The average molecular weight is 293 g/mol. The number of thiocarbonyl (C=S) groups is 1. The van der Waals surface area contributed by atoms with E-state index in [1.54, 1.807) is 0 Å². The maximum Gasteiger partial charge on any atom is 0.161 e. The highest BCUT2D eigenvalue weighted by Crippen LogP contribution is 2.25. The predicted molar refractivity (Wildman–Crippen MR) is 86.3 cm³/mol. The maximum atomic E-state index is 5.91. The highest BCUT2D eigenvalue weighted by atomic mass is 32.1. The predicted octanol–water partition coefficient (Wildman–Crippen LogP) is 1.26. The van der Waals surface area contributed by atoms with Crippen LogP contribution in [0.1, 0.15) is 30.7 Å². The fraction of sp³-hybridized carbons (Fsp3) is 0.643. The van der Waals surface area contributed by atoms with E-state index in [1.165, 1.54) is 0 Å². The Hall–Kier alpha value is -1.27. The summed E-state index contributed by atoms with van der Waals surface area (Å²) >= 11 is 5.22. The molecule has 1 fully saturated rings. The number of piperazine rings is 1. The monoisotopic (exact) mass is 293 g/mol. The third-order valence-electron chi connectivity index (χ3n) is 4.34. The molecule has 1 aromatic rings. The second-order valence-corrected chi connectivity index (χ2v) is 6.18. The number of nitrogens with two attached hydrogens (primary N) is 1. The van der Waals surface area contributed by atoms with Gasteiger partial charge in [-0.3, -0.25) is 4.90 Å². The van der Waals surface area contributed by atoms with E-state index in [0.29, 0.717) is 17.1 Å². The van der Waals surface area contributed by atoms with Crippen molar-refractivity contribution in [2.75, 3.05) is 25.0 Å². The van der Waals surface area contributed by atoms with Gasteiger partial charge < -0.3 is 10.6 Å². The SMILES string of the molecule is Cc1nnc(N2CC(C)N(C)C(C)C2)c(C(N)=S)c1C. The Morgan fingerprint density at radius 2 is 1.75 bits per heavy atom. The number of nitrogens with zero attached hydrogens (tertiary/aromatic N) is 4. The minimum absolute atomic E-state index is 0.398. The number of rotatable bonds is 2. The summed E-state index contributed by atoms with van der Waals surface area (Å²) in [7, 11) is 2.16. The first kappa shape index (κ1) is 15.1. The molecule has 2 unspecified atom stereocenters. The third-order valence-corrected chi connectivity index (χ3v) is 4.55. The van der Waals surface area contributed by atoms with Crippen LogP contribution in [0.5, 0.6) is 0 Å². The molecule has 2 heterocycles. The van der Waals surface area contributed by atoms with Crippen molar-refractivity contribution in [1.82, 2.24) is 15.1 Å². The zero-order valence-corrected chi connectivity index (χ0v) is 13.7. The lowest BCUT2D eigenvalue weighted by Gasteiger charge is -2.43. The van der Waals surface area contributed by atoms with Crippen LogP contribution in [0.3, 0.4) is 0 Å². The summed E-state index contributed by atoms with van der Waals surface area (Å²) in [5.74, 6) is 0.826. The maximum absolute atomic E-state index is 5.91. The molecule has 0 aliphatic carbocycles. The third kappa shape index (κ3) is 2.62. The zero-order valence-electron chi connectivity index (χ0n) is 12.8. The minimum Gasteiger partial charge on any atom is -0.389 e. The number of likely N-dealkylation sites (N-methyl/N-ethyl adjacent to an activating group) is 1. The quantitative estimate of drug-likeness (QED) is 0.828. The Bertz CT molecular complexity index is 519. The summed E-state index contributed by atoms with van der Waals surface area (Å²) in [6, 6.07) is 0.919. The van der Waals surface area contributed by atoms with E-state index >= 15 is 0 Å². The molecule has 20 heavy (non-hydrogen) atoms. The molecule has 110 valence electrons. The summed E-state index contributed by atoms with van der Waals surface area (Å²) < 4.78 is 0. The second-order valence-electron chi connectivity index (χ2n) is 5.74. The van der Waals surface area contributed by atoms with Crippen molar-refractivity contribution in [3.63, 3.8) is 0 Å². The van der Waals surface area contributed by atoms with Crippen molar-refractivity contribution in [3.05, 3.63) is 16.8 Å². The summed E-state index contributed by atoms with van der Waals surface area (Å²) in [5, 5.41) is 8.61. The molecule has 6 heteroatoms. The van der Waals surface area contributed by atoms with Crippen molar-refractivity contribution >= 4 is 23.0 Å². The minimum atomic E-state index is 0.398. The lowest BCUT2D eigenvalue weighted by Crippen LogP contribution is -2.55. The van der Waals surface area contributed by atoms with Gasteiger partial charge in [-0.1, -0.05) is 12.2 Å². The summed E-state index contributed by atoms with van der Waals surface area (Å²) in [6.45, 7) is 10.2. The summed E-state index contributed by atoms with van der Waals surface area (Å²) in [5.41, 5.74) is 8.70. The Labute approximate surface area is 126 Å². The number of anilines is 1. The molecule has 1 saturated heterocycles. The molecule has 2 N–H and O–H groups in total. The van der Waals surface area contributed by atoms with E-state index in [2.05, 4.69) is 40.9 Å². The van der Waals surface area contributed by atoms with E-state index in [9.17, 15) is 0 Å². The van der Waals surface area contributed by atoms with Crippen LogP contribution in [-0.4, -0.2) is 52.3 Å². The molecule has 2 atom stereocenters. The van der Waals surface area contributed by atoms with Crippen molar-refractivity contribution in [2.24, 2.45) is 5.73 Å². The van der Waals surface area contributed by atoms with Crippen molar-refractivity contribution < 1.29 is 0 Å². The molecule has 1 aromatic heterocycles. The van der Waals surface area contributed by atoms with Gasteiger partial charge in [0, 0.05) is 25.2 Å². The molecule has 0 bridgehead atoms. The Kier molecular flexibility index (Phi) is 4.25. The lowest BCUT2D eigenvalue weighted by molar-refractivity contribution is 0.169. The van der Waals surface area contributed by atoms with Gasteiger partial charge in [-0.15, -0.1) is 5.10 Å². The van der Waals surface area contributed by atoms with E-state index < -0.39 is 0 Å². The number of hydrogen-bond acceptors (Lipinski definition) is 5. The number of aromatic nitrogens is 2.